The zero-order chi connectivity index (χ0) is 9.26. The molecule has 0 atom stereocenters. The van der Waals surface area contributed by atoms with Crippen molar-refractivity contribution >= 4 is 11.6 Å². The fourth-order valence-corrected chi connectivity index (χ4v) is 1.58. The Bertz CT molecular complexity index is 347. The summed E-state index contributed by atoms with van der Waals surface area (Å²) in [6.45, 7) is 0.749. The third-order valence-corrected chi connectivity index (χ3v) is 2.32. The fourth-order valence-electron chi connectivity index (χ4n) is 1.58. The summed E-state index contributed by atoms with van der Waals surface area (Å²) in [4.78, 5) is 11.4. The molecular formula is C10H12N2O. The quantitative estimate of drug-likeness (QED) is 0.670. The average molecular weight is 176 g/mol. The van der Waals surface area contributed by atoms with Crippen molar-refractivity contribution in [1.82, 2.24) is 5.32 Å². The van der Waals surface area contributed by atoms with E-state index in [0.717, 1.165) is 29.8 Å². The van der Waals surface area contributed by atoms with E-state index in [1.807, 2.05) is 25.2 Å². The smallest absolute Gasteiger partial charge is 0.251 e. The molecule has 13 heavy (non-hydrogen) atoms. The van der Waals surface area contributed by atoms with Gasteiger partial charge in [0.05, 0.1) is 0 Å². The van der Waals surface area contributed by atoms with Crippen LogP contribution in [0, 0.1) is 0 Å². The highest BCUT2D eigenvalue weighted by Crippen LogP contribution is 2.18. The molecule has 0 saturated carbocycles. The largest absolute Gasteiger partial charge is 0.388 e. The van der Waals surface area contributed by atoms with E-state index in [4.69, 9.17) is 0 Å². The zero-order valence-corrected chi connectivity index (χ0v) is 7.55. The normalized spacial score (nSPS) is 14.7. The molecule has 1 aromatic carbocycles. The highest BCUT2D eigenvalue weighted by atomic mass is 16.1. The van der Waals surface area contributed by atoms with Crippen LogP contribution in [0.2, 0.25) is 0 Å². The molecule has 1 aliphatic rings. The zero-order valence-electron chi connectivity index (χ0n) is 7.55. The molecule has 1 aliphatic heterocycles. The Morgan fingerprint density at radius 3 is 3.08 bits per heavy atom. The molecule has 0 unspecified atom stereocenters. The first-order valence-electron chi connectivity index (χ1n) is 4.40. The van der Waals surface area contributed by atoms with Gasteiger partial charge in [-0.15, -0.1) is 0 Å². The average Bonchev–Trinajstić information content (AvgIpc) is 2.18. The maximum absolute atomic E-state index is 11.4. The topological polar surface area (TPSA) is 41.1 Å². The van der Waals surface area contributed by atoms with Gasteiger partial charge in [0.1, 0.15) is 0 Å². The van der Waals surface area contributed by atoms with E-state index in [0.29, 0.717) is 0 Å². The van der Waals surface area contributed by atoms with Crippen molar-refractivity contribution in [2.24, 2.45) is 0 Å². The Morgan fingerprint density at radius 2 is 2.31 bits per heavy atom. The lowest BCUT2D eigenvalue weighted by Gasteiger charge is -2.16. The van der Waals surface area contributed by atoms with E-state index in [-0.39, 0.29) is 5.91 Å². The molecule has 2 N–H and O–H groups in total. The molecule has 0 bridgehead atoms. The molecule has 0 saturated heterocycles. The number of benzene rings is 1. The van der Waals surface area contributed by atoms with Crippen LogP contribution in [0.25, 0.3) is 0 Å². The van der Waals surface area contributed by atoms with Crippen molar-refractivity contribution < 1.29 is 4.79 Å². The lowest BCUT2D eigenvalue weighted by atomic mass is 10.00. The van der Waals surface area contributed by atoms with E-state index in [1.165, 1.54) is 0 Å². The SMILES string of the molecule is CNc1ccc2c(c1)CCNC2=O. The number of rotatable bonds is 1. The predicted octanol–water partition coefficient (Wildman–Crippen LogP) is 1.01. The van der Waals surface area contributed by atoms with Gasteiger partial charge in [0.15, 0.2) is 0 Å². The maximum atomic E-state index is 11.4. The summed E-state index contributed by atoms with van der Waals surface area (Å²) < 4.78 is 0. The minimum Gasteiger partial charge on any atom is -0.388 e. The van der Waals surface area contributed by atoms with Gasteiger partial charge in [-0.05, 0) is 30.2 Å². The number of nitrogens with one attached hydrogen (secondary N) is 2. The minimum absolute atomic E-state index is 0.0453. The van der Waals surface area contributed by atoms with Crippen molar-refractivity contribution in [3.63, 3.8) is 0 Å². The van der Waals surface area contributed by atoms with Crippen LogP contribution < -0.4 is 10.6 Å². The van der Waals surface area contributed by atoms with Gasteiger partial charge in [-0.3, -0.25) is 4.79 Å². The first-order valence-corrected chi connectivity index (χ1v) is 4.40. The molecule has 0 aromatic heterocycles. The van der Waals surface area contributed by atoms with Gasteiger partial charge in [-0.1, -0.05) is 0 Å². The van der Waals surface area contributed by atoms with Crippen LogP contribution in [0.3, 0.4) is 0 Å². The van der Waals surface area contributed by atoms with Crippen LogP contribution >= 0.6 is 0 Å². The Hall–Kier alpha value is -1.51. The molecule has 1 heterocycles. The van der Waals surface area contributed by atoms with Crippen LogP contribution in [0.15, 0.2) is 18.2 Å². The van der Waals surface area contributed by atoms with Crippen LogP contribution in [0.1, 0.15) is 15.9 Å². The van der Waals surface area contributed by atoms with Crippen LogP contribution in [0.5, 0.6) is 0 Å². The van der Waals surface area contributed by atoms with Gasteiger partial charge in [0.25, 0.3) is 5.91 Å². The summed E-state index contributed by atoms with van der Waals surface area (Å²) in [5.74, 6) is 0.0453. The monoisotopic (exact) mass is 176 g/mol. The first-order chi connectivity index (χ1) is 6.31. The summed E-state index contributed by atoms with van der Waals surface area (Å²) in [6, 6.07) is 5.83. The van der Waals surface area contributed by atoms with Crippen LogP contribution in [-0.4, -0.2) is 19.5 Å². The van der Waals surface area contributed by atoms with Crippen LogP contribution in [0.4, 0.5) is 5.69 Å². The van der Waals surface area contributed by atoms with Gasteiger partial charge in [0, 0.05) is 24.8 Å². The third kappa shape index (κ3) is 1.37. The number of hydrogen-bond acceptors (Lipinski definition) is 2. The Labute approximate surface area is 77.1 Å². The number of carbonyl (C=O) groups is 1. The van der Waals surface area contributed by atoms with E-state index in [2.05, 4.69) is 10.6 Å². The van der Waals surface area contributed by atoms with Crippen molar-refractivity contribution in [2.45, 2.75) is 6.42 Å². The second-order valence-electron chi connectivity index (χ2n) is 3.13. The molecule has 0 spiro atoms. The number of hydrogen-bond donors (Lipinski definition) is 2. The Kier molecular flexibility index (Phi) is 1.93. The predicted molar refractivity (Wildman–Crippen MR) is 52.0 cm³/mol. The molecule has 3 nitrogen and oxygen atoms in total. The number of fused-ring (bicyclic) bond motifs is 1. The molecule has 0 aliphatic carbocycles. The molecule has 2 rings (SSSR count). The van der Waals surface area contributed by atoms with Gasteiger partial charge in [-0.2, -0.15) is 0 Å². The third-order valence-electron chi connectivity index (χ3n) is 2.32. The molecule has 0 fully saturated rings. The van der Waals surface area contributed by atoms with Crippen LogP contribution in [-0.2, 0) is 6.42 Å². The first kappa shape index (κ1) is 8.10. The van der Waals surface area contributed by atoms with Crippen molar-refractivity contribution in [1.29, 1.82) is 0 Å². The maximum Gasteiger partial charge on any atom is 0.251 e. The van der Waals surface area contributed by atoms with E-state index >= 15 is 0 Å². The second kappa shape index (κ2) is 3.09. The summed E-state index contributed by atoms with van der Waals surface area (Å²) >= 11 is 0. The van der Waals surface area contributed by atoms with Crippen molar-refractivity contribution in [3.8, 4) is 0 Å². The second-order valence-corrected chi connectivity index (χ2v) is 3.13. The summed E-state index contributed by atoms with van der Waals surface area (Å²) in [5, 5.41) is 5.88. The van der Waals surface area contributed by atoms with Gasteiger partial charge in [0.2, 0.25) is 0 Å². The number of amides is 1. The van der Waals surface area contributed by atoms with Gasteiger partial charge in [-0.25, -0.2) is 0 Å². The summed E-state index contributed by atoms with van der Waals surface area (Å²) in [6.07, 6.45) is 0.927. The van der Waals surface area contributed by atoms with Gasteiger partial charge < -0.3 is 10.6 Å². The highest BCUT2D eigenvalue weighted by Gasteiger charge is 2.15. The molecule has 68 valence electrons. The van der Waals surface area contributed by atoms with E-state index < -0.39 is 0 Å². The van der Waals surface area contributed by atoms with Crippen molar-refractivity contribution in [3.05, 3.63) is 29.3 Å². The lowest BCUT2D eigenvalue weighted by molar-refractivity contribution is 0.0946. The number of anilines is 1. The Morgan fingerprint density at radius 1 is 1.46 bits per heavy atom. The van der Waals surface area contributed by atoms with Crippen molar-refractivity contribution in [2.75, 3.05) is 18.9 Å². The lowest BCUT2D eigenvalue weighted by Crippen LogP contribution is -2.31. The van der Waals surface area contributed by atoms with E-state index in [1.54, 1.807) is 0 Å². The minimum atomic E-state index is 0.0453. The van der Waals surface area contributed by atoms with E-state index in [9.17, 15) is 4.79 Å². The standard InChI is InChI=1S/C10H12N2O/c1-11-8-2-3-9-7(6-8)4-5-12-10(9)13/h2-3,6,11H,4-5H2,1H3,(H,12,13). The Balaban J connectivity index is 2.45. The van der Waals surface area contributed by atoms with Gasteiger partial charge >= 0.3 is 0 Å². The fraction of sp³-hybridized carbons (Fsp3) is 0.300. The molecule has 1 aromatic rings. The molecule has 3 heteroatoms. The highest BCUT2D eigenvalue weighted by molar-refractivity contribution is 5.97. The summed E-state index contributed by atoms with van der Waals surface area (Å²) in [5.41, 5.74) is 3.01. The summed E-state index contributed by atoms with van der Waals surface area (Å²) in [7, 11) is 1.88. The molecule has 0 radical (unpaired) electrons. The molecular weight excluding hydrogens is 164 g/mol. The molecule has 1 amide bonds. The number of carbonyl (C=O) groups excluding carboxylic acids is 1.